The van der Waals surface area contributed by atoms with E-state index >= 15 is 0 Å². The molecule has 4 nitrogen and oxygen atoms in total. The molecule has 0 fully saturated rings. The summed E-state index contributed by atoms with van der Waals surface area (Å²) in [5.74, 6) is 0.858. The van der Waals surface area contributed by atoms with E-state index in [1.54, 1.807) is 18.0 Å². The number of thioether (sulfide) groups is 1. The molecule has 0 aliphatic carbocycles. The second kappa shape index (κ2) is 5.12. The fourth-order valence-electron chi connectivity index (χ4n) is 1.39. The number of hydrogen-bond acceptors (Lipinski definition) is 4. The molecule has 5 heteroatoms. The van der Waals surface area contributed by atoms with Crippen molar-refractivity contribution >= 4 is 11.8 Å². The van der Waals surface area contributed by atoms with Crippen molar-refractivity contribution in [2.45, 2.75) is 31.3 Å². The summed E-state index contributed by atoms with van der Waals surface area (Å²) < 4.78 is 2.13. The van der Waals surface area contributed by atoms with E-state index < -0.39 is 0 Å². The largest absolute Gasteiger partial charge is 0.334 e. The lowest BCUT2D eigenvalue weighted by atomic mass is 10.5. The quantitative estimate of drug-likeness (QED) is 0.601. The van der Waals surface area contributed by atoms with Crippen LogP contribution < -0.4 is 0 Å². The molecule has 0 atom stereocenters. The third-order valence-electron chi connectivity index (χ3n) is 2.26. The molecule has 0 aromatic carbocycles. The van der Waals surface area contributed by atoms with E-state index in [4.69, 9.17) is 0 Å². The summed E-state index contributed by atoms with van der Waals surface area (Å²) in [6, 6.07) is 1.90. The van der Waals surface area contributed by atoms with Gasteiger partial charge in [-0.1, -0.05) is 11.8 Å². The van der Waals surface area contributed by atoms with Crippen LogP contribution in [-0.2, 0) is 12.3 Å². The maximum absolute atomic E-state index is 4.35. The highest BCUT2D eigenvalue weighted by atomic mass is 32.2. The lowest BCUT2D eigenvalue weighted by Gasteiger charge is -2.04. The van der Waals surface area contributed by atoms with E-state index in [0.29, 0.717) is 0 Å². The molecule has 2 aromatic rings. The number of aryl methyl sites for hydroxylation is 2. The van der Waals surface area contributed by atoms with Crippen molar-refractivity contribution in [3.63, 3.8) is 0 Å². The fourth-order valence-corrected chi connectivity index (χ4v) is 2.25. The SMILES string of the molecule is CCn1cncc1CSc1nccc(C)n1. The third-order valence-corrected chi connectivity index (χ3v) is 3.16. The van der Waals surface area contributed by atoms with Gasteiger partial charge in [-0.3, -0.25) is 0 Å². The molecule has 0 saturated heterocycles. The summed E-state index contributed by atoms with van der Waals surface area (Å²) in [5.41, 5.74) is 2.21. The molecule has 0 spiro atoms. The second-order valence-electron chi connectivity index (χ2n) is 3.44. The Kier molecular flexibility index (Phi) is 3.56. The number of nitrogens with zero attached hydrogens (tertiary/aromatic N) is 4. The normalized spacial score (nSPS) is 10.6. The average Bonchev–Trinajstić information content (AvgIpc) is 2.74. The minimum absolute atomic E-state index is 0.823. The predicted octanol–water partition coefficient (Wildman–Crippen LogP) is 2.29. The smallest absolute Gasteiger partial charge is 0.188 e. The molecule has 0 radical (unpaired) electrons. The van der Waals surface area contributed by atoms with E-state index in [9.17, 15) is 0 Å². The Labute approximate surface area is 99.1 Å². The Morgan fingerprint density at radius 3 is 3.06 bits per heavy atom. The van der Waals surface area contributed by atoms with Crippen molar-refractivity contribution in [1.82, 2.24) is 19.5 Å². The zero-order valence-electron chi connectivity index (χ0n) is 9.42. The van der Waals surface area contributed by atoms with E-state index in [0.717, 1.165) is 23.1 Å². The third kappa shape index (κ3) is 2.61. The molecular weight excluding hydrogens is 220 g/mol. The van der Waals surface area contributed by atoms with Gasteiger partial charge in [-0.15, -0.1) is 0 Å². The molecule has 0 bridgehead atoms. The second-order valence-corrected chi connectivity index (χ2v) is 4.38. The van der Waals surface area contributed by atoms with E-state index in [1.165, 1.54) is 5.69 Å². The monoisotopic (exact) mass is 234 g/mol. The topological polar surface area (TPSA) is 43.6 Å². The van der Waals surface area contributed by atoms with Crippen molar-refractivity contribution in [3.05, 3.63) is 36.2 Å². The molecule has 0 aliphatic rings. The molecule has 2 rings (SSSR count). The number of aromatic nitrogens is 4. The van der Waals surface area contributed by atoms with Gasteiger partial charge in [0.1, 0.15) is 0 Å². The Bertz CT molecular complexity index is 467. The van der Waals surface area contributed by atoms with Gasteiger partial charge >= 0.3 is 0 Å². The summed E-state index contributed by atoms with van der Waals surface area (Å²) in [6.45, 7) is 5.03. The minimum Gasteiger partial charge on any atom is -0.334 e. The van der Waals surface area contributed by atoms with Gasteiger partial charge in [0.2, 0.25) is 0 Å². The van der Waals surface area contributed by atoms with Crippen LogP contribution in [0.5, 0.6) is 0 Å². The first-order valence-electron chi connectivity index (χ1n) is 5.21. The van der Waals surface area contributed by atoms with Crippen LogP contribution >= 0.6 is 11.8 Å². The van der Waals surface area contributed by atoms with Gasteiger partial charge < -0.3 is 4.57 Å². The highest BCUT2D eigenvalue weighted by Gasteiger charge is 2.03. The molecule has 16 heavy (non-hydrogen) atoms. The summed E-state index contributed by atoms with van der Waals surface area (Å²) in [4.78, 5) is 12.7. The molecule has 0 saturated carbocycles. The van der Waals surface area contributed by atoms with Crippen molar-refractivity contribution in [1.29, 1.82) is 0 Å². The van der Waals surface area contributed by atoms with Gasteiger partial charge in [-0.05, 0) is 19.9 Å². The van der Waals surface area contributed by atoms with Crippen LogP contribution in [0.3, 0.4) is 0 Å². The van der Waals surface area contributed by atoms with Crippen molar-refractivity contribution in [2.24, 2.45) is 0 Å². The van der Waals surface area contributed by atoms with E-state index in [1.807, 2.05) is 25.5 Å². The predicted molar refractivity (Wildman–Crippen MR) is 64.2 cm³/mol. The Balaban J connectivity index is 2.02. The zero-order chi connectivity index (χ0) is 11.4. The van der Waals surface area contributed by atoms with Crippen LogP contribution in [-0.4, -0.2) is 19.5 Å². The molecule has 0 unspecified atom stereocenters. The van der Waals surface area contributed by atoms with Gasteiger partial charge in [-0.25, -0.2) is 15.0 Å². The lowest BCUT2D eigenvalue weighted by Crippen LogP contribution is -1.98. The summed E-state index contributed by atoms with van der Waals surface area (Å²) >= 11 is 1.64. The van der Waals surface area contributed by atoms with Crippen LogP contribution in [0.25, 0.3) is 0 Å². The van der Waals surface area contributed by atoms with Crippen molar-refractivity contribution in [2.75, 3.05) is 0 Å². The summed E-state index contributed by atoms with van der Waals surface area (Å²) in [5, 5.41) is 0.823. The molecule has 0 N–H and O–H groups in total. The first kappa shape index (κ1) is 11.1. The standard InChI is InChI=1S/C11H14N4S/c1-3-15-8-12-6-10(15)7-16-11-13-5-4-9(2)14-11/h4-6,8H,3,7H2,1-2H3. The Morgan fingerprint density at radius 1 is 1.44 bits per heavy atom. The van der Waals surface area contributed by atoms with E-state index in [2.05, 4.69) is 26.4 Å². The highest BCUT2D eigenvalue weighted by Crippen LogP contribution is 2.18. The van der Waals surface area contributed by atoms with Crippen molar-refractivity contribution < 1.29 is 0 Å². The first-order chi connectivity index (χ1) is 7.79. The number of imidazole rings is 1. The van der Waals surface area contributed by atoms with Crippen molar-refractivity contribution in [3.8, 4) is 0 Å². The zero-order valence-corrected chi connectivity index (χ0v) is 10.2. The summed E-state index contributed by atoms with van der Waals surface area (Å²) in [7, 11) is 0. The van der Waals surface area contributed by atoms with Crippen LogP contribution in [0.1, 0.15) is 18.3 Å². The summed E-state index contributed by atoms with van der Waals surface area (Å²) in [6.07, 6.45) is 5.54. The first-order valence-corrected chi connectivity index (χ1v) is 6.19. The fraction of sp³-hybridized carbons (Fsp3) is 0.364. The van der Waals surface area contributed by atoms with Gasteiger partial charge in [0, 0.05) is 36.1 Å². The van der Waals surface area contributed by atoms with Gasteiger partial charge in [0.25, 0.3) is 0 Å². The van der Waals surface area contributed by atoms with E-state index in [-0.39, 0.29) is 0 Å². The molecule has 2 aromatic heterocycles. The maximum Gasteiger partial charge on any atom is 0.188 e. The highest BCUT2D eigenvalue weighted by molar-refractivity contribution is 7.98. The molecule has 0 aliphatic heterocycles. The number of rotatable bonds is 4. The average molecular weight is 234 g/mol. The number of hydrogen-bond donors (Lipinski definition) is 0. The van der Waals surface area contributed by atoms with Crippen LogP contribution in [0.2, 0.25) is 0 Å². The molecule has 2 heterocycles. The minimum atomic E-state index is 0.823. The van der Waals surface area contributed by atoms with Crippen LogP contribution in [0, 0.1) is 6.92 Å². The van der Waals surface area contributed by atoms with Gasteiger partial charge in [-0.2, -0.15) is 0 Å². The molecular formula is C11H14N4S. The molecule has 0 amide bonds. The van der Waals surface area contributed by atoms with Crippen LogP contribution in [0.4, 0.5) is 0 Å². The molecule has 84 valence electrons. The Morgan fingerprint density at radius 2 is 2.31 bits per heavy atom. The van der Waals surface area contributed by atoms with Gasteiger partial charge in [0.05, 0.1) is 6.33 Å². The lowest BCUT2D eigenvalue weighted by molar-refractivity contribution is 0.733. The Hall–Kier alpha value is -1.36. The maximum atomic E-state index is 4.35. The van der Waals surface area contributed by atoms with Gasteiger partial charge in [0.15, 0.2) is 5.16 Å². The van der Waals surface area contributed by atoms with Crippen LogP contribution in [0.15, 0.2) is 29.9 Å².